The van der Waals surface area contributed by atoms with Crippen molar-refractivity contribution in [2.75, 3.05) is 33.1 Å². The minimum atomic E-state index is -0.377. The first-order valence-electron chi connectivity index (χ1n) is 9.66. The van der Waals surface area contributed by atoms with Crippen LogP contribution in [0.3, 0.4) is 0 Å². The molecule has 2 amide bonds. The minimum Gasteiger partial charge on any atom is -0.496 e. The molecular formula is C23H31N3O3. The second-order valence-corrected chi connectivity index (χ2v) is 7.51. The zero-order valence-corrected chi connectivity index (χ0v) is 18.2. The van der Waals surface area contributed by atoms with Crippen LogP contribution in [0.25, 0.3) is 0 Å². The van der Waals surface area contributed by atoms with E-state index in [1.807, 2.05) is 69.1 Å². The predicted molar refractivity (Wildman–Crippen MR) is 116 cm³/mol. The van der Waals surface area contributed by atoms with Crippen LogP contribution in [0.1, 0.15) is 23.6 Å². The average Bonchev–Trinajstić information content (AvgIpc) is 2.68. The first-order chi connectivity index (χ1) is 13.7. The van der Waals surface area contributed by atoms with Crippen molar-refractivity contribution in [2.45, 2.75) is 33.4 Å². The number of likely N-dealkylation sites (N-methyl/N-ethyl adjacent to an activating group) is 2. The van der Waals surface area contributed by atoms with Gasteiger partial charge in [-0.1, -0.05) is 35.4 Å². The van der Waals surface area contributed by atoms with Gasteiger partial charge in [-0.2, -0.15) is 0 Å². The number of nitrogens with zero attached hydrogens (tertiary/aromatic N) is 2. The maximum absolute atomic E-state index is 12.8. The van der Waals surface area contributed by atoms with Gasteiger partial charge in [0.1, 0.15) is 5.75 Å². The average molecular weight is 398 g/mol. The van der Waals surface area contributed by atoms with Crippen LogP contribution < -0.4 is 10.1 Å². The number of hydrogen-bond donors (Lipinski definition) is 1. The summed E-state index contributed by atoms with van der Waals surface area (Å²) in [5.74, 6) is 0.464. The molecule has 0 aromatic heterocycles. The molecule has 0 heterocycles. The Bertz CT molecular complexity index is 849. The van der Waals surface area contributed by atoms with Crippen molar-refractivity contribution in [3.05, 3.63) is 59.2 Å². The Morgan fingerprint density at radius 2 is 1.66 bits per heavy atom. The minimum absolute atomic E-state index is 0.00133. The zero-order valence-electron chi connectivity index (χ0n) is 18.2. The largest absolute Gasteiger partial charge is 0.496 e. The van der Waals surface area contributed by atoms with Gasteiger partial charge in [-0.25, -0.2) is 0 Å². The van der Waals surface area contributed by atoms with Crippen LogP contribution in [0, 0.1) is 13.8 Å². The number of anilines is 1. The molecule has 0 aliphatic carbocycles. The van der Waals surface area contributed by atoms with Gasteiger partial charge < -0.3 is 15.0 Å². The van der Waals surface area contributed by atoms with E-state index < -0.39 is 0 Å². The first-order valence-corrected chi connectivity index (χ1v) is 9.66. The van der Waals surface area contributed by atoms with Crippen LogP contribution in [0.5, 0.6) is 5.75 Å². The van der Waals surface area contributed by atoms with Crippen LogP contribution in [-0.4, -0.2) is 55.4 Å². The highest BCUT2D eigenvalue weighted by Crippen LogP contribution is 2.22. The molecule has 0 radical (unpaired) electrons. The van der Waals surface area contributed by atoms with E-state index in [2.05, 4.69) is 11.4 Å². The van der Waals surface area contributed by atoms with Gasteiger partial charge in [0.05, 0.1) is 19.7 Å². The molecule has 2 rings (SSSR count). The highest BCUT2D eigenvalue weighted by molar-refractivity contribution is 5.95. The molecule has 1 atom stereocenters. The smallest absolute Gasteiger partial charge is 0.243 e. The monoisotopic (exact) mass is 397 g/mol. The van der Waals surface area contributed by atoms with Crippen molar-refractivity contribution in [2.24, 2.45) is 0 Å². The molecule has 2 aromatic rings. The van der Waals surface area contributed by atoms with E-state index >= 15 is 0 Å². The van der Waals surface area contributed by atoms with E-state index in [9.17, 15) is 9.59 Å². The molecule has 2 aromatic carbocycles. The maximum Gasteiger partial charge on any atom is 0.243 e. The van der Waals surface area contributed by atoms with Crippen molar-refractivity contribution in [1.29, 1.82) is 0 Å². The molecule has 0 aliphatic rings. The van der Waals surface area contributed by atoms with Crippen molar-refractivity contribution in [1.82, 2.24) is 9.80 Å². The Kier molecular flexibility index (Phi) is 7.79. The molecule has 29 heavy (non-hydrogen) atoms. The Morgan fingerprint density at radius 1 is 1.03 bits per heavy atom. The Labute approximate surface area is 173 Å². The second-order valence-electron chi connectivity index (χ2n) is 7.51. The van der Waals surface area contributed by atoms with Crippen molar-refractivity contribution in [3.8, 4) is 5.75 Å². The van der Waals surface area contributed by atoms with Crippen LogP contribution in [0.4, 0.5) is 5.69 Å². The normalized spacial score (nSPS) is 11.8. The van der Waals surface area contributed by atoms with E-state index in [4.69, 9.17) is 4.74 Å². The lowest BCUT2D eigenvalue weighted by Crippen LogP contribution is -2.46. The fraction of sp³-hybridized carbons (Fsp3) is 0.391. The number of methoxy groups -OCH3 is 1. The second kappa shape index (κ2) is 10.1. The molecule has 0 spiro atoms. The van der Waals surface area contributed by atoms with E-state index in [0.717, 1.165) is 28.1 Å². The van der Waals surface area contributed by atoms with Crippen LogP contribution in [0.2, 0.25) is 0 Å². The third kappa shape index (κ3) is 6.32. The molecule has 1 N–H and O–H groups in total. The van der Waals surface area contributed by atoms with Gasteiger partial charge >= 0.3 is 0 Å². The first kappa shape index (κ1) is 22.4. The maximum atomic E-state index is 12.8. The molecule has 0 aliphatic heterocycles. The van der Waals surface area contributed by atoms with Crippen molar-refractivity contribution < 1.29 is 14.3 Å². The summed E-state index contributed by atoms with van der Waals surface area (Å²) in [5.41, 5.74) is 4.00. The van der Waals surface area contributed by atoms with Gasteiger partial charge in [0.2, 0.25) is 11.8 Å². The Morgan fingerprint density at radius 3 is 2.28 bits per heavy atom. The van der Waals surface area contributed by atoms with E-state index in [0.29, 0.717) is 6.54 Å². The van der Waals surface area contributed by atoms with E-state index in [-0.39, 0.29) is 24.4 Å². The number of rotatable bonds is 8. The number of carbonyl (C=O) groups is 2. The summed E-state index contributed by atoms with van der Waals surface area (Å²) in [6, 6.07) is 13.2. The summed E-state index contributed by atoms with van der Waals surface area (Å²) in [6.45, 7) is 6.43. The quantitative estimate of drug-likeness (QED) is 0.743. The molecular weight excluding hydrogens is 366 g/mol. The molecule has 0 saturated carbocycles. The van der Waals surface area contributed by atoms with Gasteiger partial charge in [-0.05, 0) is 46.0 Å². The number of aryl methyl sites for hydroxylation is 2. The highest BCUT2D eigenvalue weighted by Gasteiger charge is 2.24. The molecule has 0 saturated heterocycles. The van der Waals surface area contributed by atoms with Crippen molar-refractivity contribution in [3.63, 3.8) is 0 Å². The van der Waals surface area contributed by atoms with E-state index in [1.165, 1.54) is 4.90 Å². The summed E-state index contributed by atoms with van der Waals surface area (Å²) < 4.78 is 5.43. The fourth-order valence-electron chi connectivity index (χ4n) is 3.07. The number of carbonyl (C=O) groups excluding carboxylic acids is 2. The van der Waals surface area contributed by atoms with Gasteiger partial charge in [0.15, 0.2) is 0 Å². The SMILES string of the molecule is COc1ccc(C)cc1CN(C)[C@H](C)C(=O)N(C)CC(=O)Nc1ccc(C)cc1. The molecule has 6 nitrogen and oxygen atoms in total. The number of benzene rings is 2. The third-order valence-electron chi connectivity index (χ3n) is 4.97. The van der Waals surface area contributed by atoms with E-state index in [1.54, 1.807) is 14.2 Å². The standard InChI is InChI=1S/C23H31N3O3/c1-16-7-10-20(11-8-16)24-22(27)15-26(5)23(28)18(3)25(4)14-19-13-17(2)9-12-21(19)29-6/h7-13,18H,14-15H2,1-6H3,(H,24,27)/t18-/m1/s1. The fourth-order valence-corrected chi connectivity index (χ4v) is 3.07. The summed E-state index contributed by atoms with van der Waals surface area (Å²) >= 11 is 0. The molecule has 156 valence electrons. The topological polar surface area (TPSA) is 61.9 Å². The van der Waals surface area contributed by atoms with Gasteiger partial charge in [0, 0.05) is 24.8 Å². The molecule has 6 heteroatoms. The molecule has 0 bridgehead atoms. The Hall–Kier alpha value is -2.86. The van der Waals surface area contributed by atoms with Gasteiger partial charge in [0.25, 0.3) is 0 Å². The predicted octanol–water partition coefficient (Wildman–Crippen LogP) is 3.23. The number of amides is 2. The number of ether oxygens (including phenoxy) is 1. The van der Waals surface area contributed by atoms with Crippen LogP contribution in [-0.2, 0) is 16.1 Å². The van der Waals surface area contributed by atoms with Crippen LogP contribution in [0.15, 0.2) is 42.5 Å². The molecule has 0 unspecified atom stereocenters. The van der Waals surface area contributed by atoms with Crippen molar-refractivity contribution >= 4 is 17.5 Å². The summed E-state index contributed by atoms with van der Waals surface area (Å²) in [5, 5.41) is 2.82. The van der Waals surface area contributed by atoms with Gasteiger partial charge in [-0.15, -0.1) is 0 Å². The Balaban J connectivity index is 1.94. The van der Waals surface area contributed by atoms with Gasteiger partial charge in [-0.3, -0.25) is 14.5 Å². The summed E-state index contributed by atoms with van der Waals surface area (Å²) in [7, 11) is 5.18. The highest BCUT2D eigenvalue weighted by atomic mass is 16.5. The lowest BCUT2D eigenvalue weighted by atomic mass is 10.1. The third-order valence-corrected chi connectivity index (χ3v) is 4.97. The lowest BCUT2D eigenvalue weighted by molar-refractivity contribution is -0.137. The zero-order chi connectivity index (χ0) is 21.6. The summed E-state index contributed by atoms with van der Waals surface area (Å²) in [4.78, 5) is 28.5. The number of nitrogens with one attached hydrogen (secondary N) is 1. The lowest BCUT2D eigenvalue weighted by Gasteiger charge is -2.28. The van der Waals surface area contributed by atoms with Crippen LogP contribution >= 0.6 is 0 Å². The molecule has 0 fully saturated rings. The number of hydrogen-bond acceptors (Lipinski definition) is 4. The summed E-state index contributed by atoms with van der Waals surface area (Å²) in [6.07, 6.45) is 0.